The number of aryl methyl sites for hydroxylation is 1. The largest absolute Gasteiger partial charge is 0.457 e. The van der Waals surface area contributed by atoms with Gasteiger partial charge in [-0.25, -0.2) is 0 Å². The Bertz CT molecular complexity index is 579. The predicted octanol–water partition coefficient (Wildman–Crippen LogP) is 4.03. The number of aromatic nitrogens is 1. The Kier molecular flexibility index (Phi) is 4.74. The third kappa shape index (κ3) is 3.36. The Labute approximate surface area is 121 Å². The maximum absolute atomic E-state index is 6.10. The third-order valence-electron chi connectivity index (χ3n) is 3.32. The molecule has 0 aliphatic carbocycles. The summed E-state index contributed by atoms with van der Waals surface area (Å²) >= 11 is 0. The van der Waals surface area contributed by atoms with Gasteiger partial charge in [-0.1, -0.05) is 26.0 Å². The number of hydrogen-bond acceptors (Lipinski definition) is 3. The molecule has 0 saturated heterocycles. The summed E-state index contributed by atoms with van der Waals surface area (Å²) in [6.45, 7) is 7.19. The molecular weight excluding hydrogens is 248 g/mol. The predicted molar refractivity (Wildman–Crippen MR) is 82.3 cm³/mol. The van der Waals surface area contributed by atoms with E-state index in [9.17, 15) is 0 Å². The highest BCUT2D eigenvalue weighted by Crippen LogP contribution is 2.30. The van der Waals surface area contributed by atoms with Crippen LogP contribution >= 0.6 is 0 Å². The van der Waals surface area contributed by atoms with Gasteiger partial charge in [0.15, 0.2) is 0 Å². The maximum atomic E-state index is 6.10. The zero-order chi connectivity index (χ0) is 14.5. The van der Waals surface area contributed by atoms with Gasteiger partial charge in [-0.2, -0.15) is 0 Å². The van der Waals surface area contributed by atoms with Crippen molar-refractivity contribution >= 4 is 0 Å². The second-order valence-corrected chi connectivity index (χ2v) is 5.30. The van der Waals surface area contributed by atoms with E-state index in [1.54, 1.807) is 6.20 Å². The minimum atomic E-state index is 0.493. The Morgan fingerprint density at radius 1 is 1.20 bits per heavy atom. The fourth-order valence-electron chi connectivity index (χ4n) is 2.04. The van der Waals surface area contributed by atoms with Crippen molar-refractivity contribution in [2.75, 3.05) is 7.05 Å². The van der Waals surface area contributed by atoms with E-state index < -0.39 is 0 Å². The summed E-state index contributed by atoms with van der Waals surface area (Å²) in [5.74, 6) is 2.27. The lowest BCUT2D eigenvalue weighted by molar-refractivity contribution is 0.468. The van der Waals surface area contributed by atoms with Crippen LogP contribution in [0.25, 0.3) is 0 Å². The first-order chi connectivity index (χ1) is 9.61. The van der Waals surface area contributed by atoms with Gasteiger partial charge in [0.1, 0.15) is 11.5 Å². The molecule has 0 amide bonds. The van der Waals surface area contributed by atoms with Gasteiger partial charge in [-0.05, 0) is 43.1 Å². The first-order valence-electron chi connectivity index (χ1n) is 6.97. The summed E-state index contributed by atoms with van der Waals surface area (Å²) in [4.78, 5) is 4.15. The number of nitrogens with zero attached hydrogens (tertiary/aromatic N) is 1. The van der Waals surface area contributed by atoms with E-state index in [1.165, 1.54) is 5.56 Å². The van der Waals surface area contributed by atoms with Gasteiger partial charge < -0.3 is 10.1 Å². The minimum absolute atomic E-state index is 0.493. The molecule has 0 radical (unpaired) electrons. The van der Waals surface area contributed by atoms with E-state index in [2.05, 4.69) is 49.3 Å². The first-order valence-corrected chi connectivity index (χ1v) is 6.97. The van der Waals surface area contributed by atoms with E-state index in [0.717, 1.165) is 29.2 Å². The van der Waals surface area contributed by atoms with Crippen LogP contribution in [0.3, 0.4) is 0 Å². The molecular formula is C17H22N2O. The van der Waals surface area contributed by atoms with Crippen LogP contribution in [-0.2, 0) is 6.54 Å². The van der Waals surface area contributed by atoms with Gasteiger partial charge >= 0.3 is 0 Å². The molecule has 0 bridgehead atoms. The molecule has 0 saturated carbocycles. The Morgan fingerprint density at radius 2 is 2.00 bits per heavy atom. The summed E-state index contributed by atoms with van der Waals surface area (Å²) in [7, 11) is 1.92. The zero-order valence-electron chi connectivity index (χ0n) is 12.6. The highest BCUT2D eigenvalue weighted by Gasteiger charge is 2.08. The molecule has 0 fully saturated rings. The lowest BCUT2D eigenvalue weighted by Gasteiger charge is -2.14. The first kappa shape index (κ1) is 14.5. The fraction of sp³-hybridized carbons (Fsp3) is 0.353. The molecule has 106 valence electrons. The molecule has 0 atom stereocenters. The van der Waals surface area contributed by atoms with E-state index >= 15 is 0 Å². The summed E-state index contributed by atoms with van der Waals surface area (Å²) < 4.78 is 6.10. The van der Waals surface area contributed by atoms with Crippen molar-refractivity contribution in [3.05, 3.63) is 53.3 Å². The molecule has 0 unspecified atom stereocenters. The molecule has 2 rings (SSSR count). The topological polar surface area (TPSA) is 34.2 Å². The van der Waals surface area contributed by atoms with Crippen LogP contribution < -0.4 is 10.1 Å². The standard InChI is InChI=1S/C17H22N2O/c1-12(2)14-6-5-13(3)17(9-14)20-16-7-8-19-11-15(16)10-18-4/h5-9,11-12,18H,10H2,1-4H3. The second kappa shape index (κ2) is 6.53. The molecule has 3 heteroatoms. The number of benzene rings is 1. The van der Waals surface area contributed by atoms with Crippen molar-refractivity contribution < 1.29 is 4.74 Å². The molecule has 1 aromatic heterocycles. The van der Waals surface area contributed by atoms with Gasteiger partial charge in [0.2, 0.25) is 0 Å². The molecule has 0 spiro atoms. The third-order valence-corrected chi connectivity index (χ3v) is 3.32. The second-order valence-electron chi connectivity index (χ2n) is 5.30. The van der Waals surface area contributed by atoms with E-state index in [4.69, 9.17) is 4.74 Å². The van der Waals surface area contributed by atoms with Crippen molar-refractivity contribution in [1.29, 1.82) is 0 Å². The van der Waals surface area contributed by atoms with Crippen LogP contribution in [0.15, 0.2) is 36.7 Å². The normalized spacial score (nSPS) is 10.8. The monoisotopic (exact) mass is 270 g/mol. The lowest BCUT2D eigenvalue weighted by Crippen LogP contribution is -2.07. The molecule has 0 aliphatic rings. The average Bonchev–Trinajstić information content (AvgIpc) is 2.43. The van der Waals surface area contributed by atoms with Crippen molar-refractivity contribution in [3.63, 3.8) is 0 Å². The molecule has 1 aromatic carbocycles. The van der Waals surface area contributed by atoms with Gasteiger partial charge in [-0.15, -0.1) is 0 Å². The fourth-order valence-corrected chi connectivity index (χ4v) is 2.04. The van der Waals surface area contributed by atoms with E-state index in [1.807, 2.05) is 19.3 Å². The molecule has 3 nitrogen and oxygen atoms in total. The summed E-state index contributed by atoms with van der Waals surface area (Å²) in [6.07, 6.45) is 3.60. The molecule has 1 N–H and O–H groups in total. The summed E-state index contributed by atoms with van der Waals surface area (Å²) in [6, 6.07) is 8.31. The Hall–Kier alpha value is -1.87. The van der Waals surface area contributed by atoms with Crippen LogP contribution in [0.4, 0.5) is 0 Å². The Balaban J connectivity index is 2.32. The molecule has 20 heavy (non-hydrogen) atoms. The number of ether oxygens (including phenoxy) is 1. The van der Waals surface area contributed by atoms with Crippen molar-refractivity contribution in [3.8, 4) is 11.5 Å². The summed E-state index contributed by atoms with van der Waals surface area (Å²) in [5, 5.41) is 3.13. The van der Waals surface area contributed by atoms with Crippen LogP contribution in [0.5, 0.6) is 11.5 Å². The van der Waals surface area contributed by atoms with Gasteiger partial charge in [0, 0.05) is 24.5 Å². The van der Waals surface area contributed by atoms with Crippen molar-refractivity contribution in [2.24, 2.45) is 0 Å². The quantitative estimate of drug-likeness (QED) is 0.891. The number of rotatable bonds is 5. The molecule has 2 aromatic rings. The summed E-state index contributed by atoms with van der Waals surface area (Å²) in [5.41, 5.74) is 3.49. The highest BCUT2D eigenvalue weighted by atomic mass is 16.5. The van der Waals surface area contributed by atoms with Crippen molar-refractivity contribution in [1.82, 2.24) is 10.3 Å². The van der Waals surface area contributed by atoms with Gasteiger partial charge in [-0.3, -0.25) is 4.98 Å². The van der Waals surface area contributed by atoms with Crippen LogP contribution in [0.2, 0.25) is 0 Å². The Morgan fingerprint density at radius 3 is 2.70 bits per heavy atom. The lowest BCUT2D eigenvalue weighted by atomic mass is 10.0. The number of nitrogens with one attached hydrogen (secondary N) is 1. The zero-order valence-corrected chi connectivity index (χ0v) is 12.6. The smallest absolute Gasteiger partial charge is 0.135 e. The number of pyridine rings is 1. The van der Waals surface area contributed by atoms with Crippen LogP contribution in [-0.4, -0.2) is 12.0 Å². The number of hydrogen-bond donors (Lipinski definition) is 1. The molecule has 0 aliphatic heterocycles. The van der Waals surface area contributed by atoms with E-state index in [-0.39, 0.29) is 0 Å². The maximum Gasteiger partial charge on any atom is 0.135 e. The van der Waals surface area contributed by atoms with Crippen molar-refractivity contribution in [2.45, 2.75) is 33.2 Å². The average molecular weight is 270 g/mol. The van der Waals surface area contributed by atoms with E-state index in [0.29, 0.717) is 5.92 Å². The van der Waals surface area contributed by atoms with Crippen LogP contribution in [0.1, 0.15) is 36.5 Å². The molecule has 1 heterocycles. The minimum Gasteiger partial charge on any atom is -0.457 e. The van der Waals surface area contributed by atoms with Gasteiger partial charge in [0.05, 0.1) is 0 Å². The highest BCUT2D eigenvalue weighted by molar-refractivity contribution is 5.42. The van der Waals surface area contributed by atoms with Gasteiger partial charge in [0.25, 0.3) is 0 Å². The van der Waals surface area contributed by atoms with Crippen LogP contribution in [0, 0.1) is 6.92 Å². The SMILES string of the molecule is CNCc1cnccc1Oc1cc(C(C)C)ccc1C.